The fraction of sp³-hybridized carbons (Fsp3) is 0.750. The van der Waals surface area contributed by atoms with Gasteiger partial charge in [0.25, 0.3) is 0 Å². The van der Waals surface area contributed by atoms with Crippen LogP contribution in [0.15, 0.2) is 0 Å². The third kappa shape index (κ3) is 6.45. The number of nitrogens with one attached hydrogen (secondary N) is 1. The average Bonchev–Trinajstić information content (AvgIpc) is 2.04. The van der Waals surface area contributed by atoms with Gasteiger partial charge in [0.05, 0.1) is 6.42 Å². The lowest BCUT2D eigenvalue weighted by molar-refractivity contribution is -0.137. The Hall–Kier alpha value is -0.710. The van der Waals surface area contributed by atoms with E-state index in [0.717, 1.165) is 5.75 Å². The Kier molecular flexibility index (Phi) is 6.40. The van der Waals surface area contributed by atoms with Crippen molar-refractivity contribution < 1.29 is 14.7 Å². The molecule has 0 fully saturated rings. The molecule has 0 heterocycles. The first-order valence-electron chi connectivity index (χ1n) is 4.06. The van der Waals surface area contributed by atoms with Crippen molar-refractivity contribution >= 4 is 23.6 Å². The van der Waals surface area contributed by atoms with E-state index in [4.69, 9.17) is 5.11 Å². The zero-order valence-electron chi connectivity index (χ0n) is 7.87. The molecule has 0 aromatic heterocycles. The van der Waals surface area contributed by atoms with Crippen molar-refractivity contribution in [2.75, 3.05) is 18.6 Å². The van der Waals surface area contributed by atoms with Gasteiger partial charge < -0.3 is 10.4 Å². The highest BCUT2D eigenvalue weighted by Gasteiger charge is 2.11. The van der Waals surface area contributed by atoms with Gasteiger partial charge in [-0.2, -0.15) is 11.8 Å². The molecule has 0 aliphatic carbocycles. The van der Waals surface area contributed by atoms with Crippen LogP contribution in [0, 0.1) is 5.92 Å². The molecule has 13 heavy (non-hydrogen) atoms. The molecule has 0 aromatic rings. The van der Waals surface area contributed by atoms with E-state index in [1.165, 1.54) is 0 Å². The summed E-state index contributed by atoms with van der Waals surface area (Å²) in [6.45, 7) is 2.04. The molecule has 76 valence electrons. The van der Waals surface area contributed by atoms with Crippen LogP contribution in [-0.4, -0.2) is 35.5 Å². The van der Waals surface area contributed by atoms with Gasteiger partial charge in [-0.1, -0.05) is 6.92 Å². The molecule has 0 bridgehead atoms. The van der Waals surface area contributed by atoms with Gasteiger partial charge in [-0.3, -0.25) is 9.59 Å². The van der Waals surface area contributed by atoms with Gasteiger partial charge in [0.2, 0.25) is 5.91 Å². The summed E-state index contributed by atoms with van der Waals surface area (Å²) in [6, 6.07) is 0. The molecule has 0 spiro atoms. The predicted molar refractivity (Wildman–Crippen MR) is 52.8 cm³/mol. The fourth-order valence-corrected chi connectivity index (χ4v) is 1.44. The molecule has 0 aliphatic rings. The van der Waals surface area contributed by atoms with E-state index in [-0.39, 0.29) is 24.8 Å². The maximum atomic E-state index is 11.2. The third-order valence-corrected chi connectivity index (χ3v) is 2.34. The first-order chi connectivity index (χ1) is 6.07. The van der Waals surface area contributed by atoms with Crippen molar-refractivity contribution in [2.45, 2.75) is 13.3 Å². The molecular formula is C8H15NO3S. The van der Waals surface area contributed by atoms with Crippen LogP contribution in [0.1, 0.15) is 13.3 Å². The molecule has 1 amide bonds. The van der Waals surface area contributed by atoms with Crippen LogP contribution in [0.5, 0.6) is 0 Å². The standard InChI is InChI=1S/C8H15NO3S/c1-6(5-13-2)8(12)9-4-3-7(10)11/h6H,3-5H2,1-2H3,(H,9,12)(H,10,11). The Balaban J connectivity index is 3.55. The maximum absolute atomic E-state index is 11.2. The van der Waals surface area contributed by atoms with E-state index in [2.05, 4.69) is 5.32 Å². The lowest BCUT2D eigenvalue weighted by atomic mass is 10.2. The minimum atomic E-state index is -0.891. The van der Waals surface area contributed by atoms with Crippen molar-refractivity contribution in [2.24, 2.45) is 5.92 Å². The summed E-state index contributed by atoms with van der Waals surface area (Å²) in [5.41, 5.74) is 0. The lowest BCUT2D eigenvalue weighted by Crippen LogP contribution is -2.32. The fourth-order valence-electron chi connectivity index (χ4n) is 0.793. The Morgan fingerprint density at radius 3 is 2.62 bits per heavy atom. The van der Waals surface area contributed by atoms with Crippen LogP contribution in [0.25, 0.3) is 0 Å². The van der Waals surface area contributed by atoms with Gasteiger partial charge in [-0.25, -0.2) is 0 Å². The number of aliphatic carboxylic acids is 1. The molecule has 0 aromatic carbocycles. The zero-order valence-corrected chi connectivity index (χ0v) is 8.69. The monoisotopic (exact) mass is 205 g/mol. The van der Waals surface area contributed by atoms with E-state index in [9.17, 15) is 9.59 Å². The van der Waals surface area contributed by atoms with Gasteiger partial charge >= 0.3 is 5.97 Å². The van der Waals surface area contributed by atoms with Crippen LogP contribution in [0.3, 0.4) is 0 Å². The van der Waals surface area contributed by atoms with E-state index in [1.807, 2.05) is 13.2 Å². The molecular weight excluding hydrogens is 190 g/mol. The summed E-state index contributed by atoms with van der Waals surface area (Å²) in [7, 11) is 0. The number of carboxylic acids is 1. The number of rotatable bonds is 6. The van der Waals surface area contributed by atoms with Crippen molar-refractivity contribution in [3.05, 3.63) is 0 Å². The van der Waals surface area contributed by atoms with Crippen molar-refractivity contribution in [3.63, 3.8) is 0 Å². The molecule has 0 aliphatic heterocycles. The summed E-state index contributed by atoms with van der Waals surface area (Å²) in [5.74, 6) is -0.254. The topological polar surface area (TPSA) is 66.4 Å². The maximum Gasteiger partial charge on any atom is 0.305 e. The Morgan fingerprint density at radius 2 is 2.15 bits per heavy atom. The largest absolute Gasteiger partial charge is 0.481 e. The minimum Gasteiger partial charge on any atom is -0.481 e. The quantitative estimate of drug-likeness (QED) is 0.665. The smallest absolute Gasteiger partial charge is 0.305 e. The number of carbonyl (C=O) groups excluding carboxylic acids is 1. The number of hydrogen-bond acceptors (Lipinski definition) is 3. The number of carboxylic acid groups (broad SMARTS) is 1. The highest BCUT2D eigenvalue weighted by Crippen LogP contribution is 2.03. The van der Waals surface area contributed by atoms with Gasteiger partial charge in [-0.05, 0) is 6.26 Å². The molecule has 0 radical (unpaired) electrons. The molecule has 2 N–H and O–H groups in total. The molecule has 0 saturated heterocycles. The number of hydrogen-bond donors (Lipinski definition) is 2. The molecule has 1 unspecified atom stereocenters. The SMILES string of the molecule is CSCC(C)C(=O)NCCC(=O)O. The summed E-state index contributed by atoms with van der Waals surface area (Å²) in [4.78, 5) is 21.3. The lowest BCUT2D eigenvalue weighted by Gasteiger charge is -2.09. The van der Waals surface area contributed by atoms with Crippen molar-refractivity contribution in [3.8, 4) is 0 Å². The second-order valence-electron chi connectivity index (χ2n) is 2.79. The molecule has 1 atom stereocenters. The van der Waals surface area contributed by atoms with Crippen LogP contribution >= 0.6 is 11.8 Å². The van der Waals surface area contributed by atoms with Gasteiger partial charge in [-0.15, -0.1) is 0 Å². The van der Waals surface area contributed by atoms with Crippen LogP contribution in [-0.2, 0) is 9.59 Å². The van der Waals surface area contributed by atoms with Crippen molar-refractivity contribution in [1.29, 1.82) is 0 Å². The zero-order chi connectivity index (χ0) is 10.3. The Morgan fingerprint density at radius 1 is 1.54 bits per heavy atom. The third-order valence-electron chi connectivity index (χ3n) is 1.50. The first kappa shape index (κ1) is 12.3. The number of thioether (sulfide) groups is 1. The van der Waals surface area contributed by atoms with E-state index < -0.39 is 5.97 Å². The van der Waals surface area contributed by atoms with E-state index >= 15 is 0 Å². The minimum absolute atomic E-state index is 0.0161. The summed E-state index contributed by atoms with van der Waals surface area (Å²) in [5, 5.41) is 10.9. The number of carbonyl (C=O) groups is 2. The second-order valence-corrected chi connectivity index (χ2v) is 3.70. The van der Waals surface area contributed by atoms with Gasteiger partial charge in [0, 0.05) is 18.2 Å². The first-order valence-corrected chi connectivity index (χ1v) is 5.45. The molecule has 5 heteroatoms. The second kappa shape index (κ2) is 6.77. The molecule has 0 rings (SSSR count). The van der Waals surface area contributed by atoms with Gasteiger partial charge in [0.1, 0.15) is 0 Å². The van der Waals surface area contributed by atoms with Crippen LogP contribution in [0.2, 0.25) is 0 Å². The summed E-state index contributed by atoms with van der Waals surface area (Å²) >= 11 is 1.60. The molecule has 4 nitrogen and oxygen atoms in total. The summed E-state index contributed by atoms with van der Waals surface area (Å²) < 4.78 is 0. The van der Waals surface area contributed by atoms with Crippen LogP contribution in [0.4, 0.5) is 0 Å². The Labute approximate surface area is 82.1 Å². The van der Waals surface area contributed by atoms with E-state index in [0.29, 0.717) is 0 Å². The number of amides is 1. The normalized spacial score (nSPS) is 12.2. The van der Waals surface area contributed by atoms with E-state index in [1.54, 1.807) is 11.8 Å². The summed E-state index contributed by atoms with van der Waals surface area (Å²) in [6.07, 6.45) is 1.92. The van der Waals surface area contributed by atoms with Crippen LogP contribution < -0.4 is 5.32 Å². The predicted octanol–water partition coefficient (Wildman–Crippen LogP) is 0.576. The Bertz CT molecular complexity index is 184. The average molecular weight is 205 g/mol. The highest BCUT2D eigenvalue weighted by molar-refractivity contribution is 7.98. The highest BCUT2D eigenvalue weighted by atomic mass is 32.2. The van der Waals surface area contributed by atoms with Crippen molar-refractivity contribution in [1.82, 2.24) is 5.32 Å². The molecule has 0 saturated carbocycles. The van der Waals surface area contributed by atoms with Gasteiger partial charge in [0.15, 0.2) is 0 Å².